The Labute approximate surface area is 260 Å². The van der Waals surface area contributed by atoms with Crippen LogP contribution in [-0.4, -0.2) is 52.4 Å². The highest BCUT2D eigenvalue weighted by Crippen LogP contribution is 2.51. The summed E-state index contributed by atoms with van der Waals surface area (Å²) in [5, 5.41) is 5.76. The SMILES string of the molecule is NC(=O)c1cc(-c2cc(N)cnc2[C@H](Cc2cc(F)cc(F)c2)NC(=O)C[N+]2=NC(C(F)F)C3=C2C(F)(F)CCC3(F)F)ccc1F. The van der Waals surface area contributed by atoms with Crippen LogP contribution in [0.5, 0.6) is 0 Å². The molecule has 0 bridgehead atoms. The predicted octanol–water partition coefficient (Wildman–Crippen LogP) is 5.68. The number of alkyl halides is 6. The number of hydrogen-bond acceptors (Lipinski definition) is 5. The number of primary amides is 1. The minimum Gasteiger partial charge on any atom is -0.397 e. The van der Waals surface area contributed by atoms with Gasteiger partial charge in [0.1, 0.15) is 23.0 Å². The van der Waals surface area contributed by atoms with Crippen LogP contribution in [0, 0.1) is 17.5 Å². The first-order valence-electron chi connectivity index (χ1n) is 13.8. The van der Waals surface area contributed by atoms with Gasteiger partial charge in [0.05, 0.1) is 29.2 Å². The molecule has 1 aromatic heterocycles. The molecule has 0 spiro atoms. The van der Waals surface area contributed by atoms with Gasteiger partial charge in [0, 0.05) is 24.5 Å². The van der Waals surface area contributed by atoms with Crippen LogP contribution in [0.3, 0.4) is 0 Å². The zero-order valence-corrected chi connectivity index (χ0v) is 23.9. The Morgan fingerprint density at radius 2 is 1.64 bits per heavy atom. The van der Waals surface area contributed by atoms with E-state index in [0.29, 0.717) is 6.07 Å². The van der Waals surface area contributed by atoms with Crippen molar-refractivity contribution in [1.82, 2.24) is 10.3 Å². The van der Waals surface area contributed by atoms with Gasteiger partial charge in [-0.1, -0.05) is 10.8 Å². The molecule has 248 valence electrons. The number of nitrogens with zero attached hydrogens (tertiary/aromatic N) is 3. The number of nitrogen functional groups attached to an aromatic ring is 1. The molecule has 2 amide bonds. The molecule has 2 atom stereocenters. The Kier molecular flexibility index (Phi) is 8.77. The molecule has 0 saturated heterocycles. The number of benzene rings is 2. The lowest BCUT2D eigenvalue weighted by molar-refractivity contribution is -0.549. The number of nitrogens with one attached hydrogen (secondary N) is 1. The lowest BCUT2D eigenvalue weighted by atomic mass is 9.86. The highest BCUT2D eigenvalue weighted by Gasteiger charge is 2.64. The lowest BCUT2D eigenvalue weighted by Gasteiger charge is -2.27. The first kappa shape index (κ1) is 33.4. The van der Waals surface area contributed by atoms with Gasteiger partial charge in [0.25, 0.3) is 36.4 Å². The van der Waals surface area contributed by atoms with Gasteiger partial charge in [0.2, 0.25) is 6.04 Å². The summed E-state index contributed by atoms with van der Waals surface area (Å²) in [7, 11) is 0. The number of azo groups is 2. The maximum Gasteiger partial charge on any atom is 0.332 e. The Morgan fingerprint density at radius 3 is 2.28 bits per heavy atom. The van der Waals surface area contributed by atoms with Gasteiger partial charge in [-0.25, -0.2) is 30.7 Å². The van der Waals surface area contributed by atoms with E-state index in [1.54, 1.807) is 0 Å². The summed E-state index contributed by atoms with van der Waals surface area (Å²) < 4.78 is 129. The van der Waals surface area contributed by atoms with Gasteiger partial charge in [-0.2, -0.15) is 8.78 Å². The third kappa shape index (κ3) is 6.78. The first-order valence-corrected chi connectivity index (χ1v) is 13.8. The second kappa shape index (κ2) is 12.3. The van der Waals surface area contributed by atoms with Crippen LogP contribution in [0.4, 0.5) is 45.2 Å². The van der Waals surface area contributed by atoms with E-state index in [1.165, 1.54) is 12.1 Å². The molecule has 1 unspecified atom stereocenters. The molecule has 2 heterocycles. The number of nitrogens with two attached hydrogens (primary N) is 2. The average Bonchev–Trinajstić information content (AvgIpc) is 3.37. The number of carbonyl (C=O) groups excluding carboxylic acids is 2. The molecule has 2 aliphatic rings. The van der Waals surface area contributed by atoms with Crippen LogP contribution in [-0.2, 0) is 11.2 Å². The van der Waals surface area contributed by atoms with Gasteiger partial charge < -0.3 is 16.8 Å². The lowest BCUT2D eigenvalue weighted by Crippen LogP contribution is -2.42. The average molecular weight is 672 g/mol. The molecule has 17 heteroatoms. The van der Waals surface area contributed by atoms with Gasteiger partial charge in [-0.3, -0.25) is 14.6 Å². The van der Waals surface area contributed by atoms with E-state index in [-0.39, 0.29) is 32.8 Å². The van der Waals surface area contributed by atoms with Crippen LogP contribution in [0.1, 0.15) is 40.5 Å². The van der Waals surface area contributed by atoms with Crippen LogP contribution in [0.2, 0.25) is 0 Å². The summed E-state index contributed by atoms with van der Waals surface area (Å²) in [6, 6.07) is 2.91. The van der Waals surface area contributed by atoms with E-state index in [9.17, 15) is 49.1 Å². The molecule has 0 fully saturated rings. The number of allylic oxidation sites excluding steroid dienone is 1. The largest absolute Gasteiger partial charge is 0.397 e. The molecule has 5 rings (SSSR count). The van der Waals surface area contributed by atoms with Crippen LogP contribution in [0.15, 0.2) is 65.0 Å². The summed E-state index contributed by atoms with van der Waals surface area (Å²) in [4.78, 5) is 29.4. The zero-order chi connectivity index (χ0) is 34.4. The highest BCUT2D eigenvalue weighted by molar-refractivity contribution is 5.94. The van der Waals surface area contributed by atoms with Crippen molar-refractivity contribution >= 4 is 17.5 Å². The van der Waals surface area contributed by atoms with Crippen LogP contribution >= 0.6 is 0 Å². The minimum absolute atomic E-state index is 0.0404. The van der Waals surface area contributed by atoms with Crippen molar-refractivity contribution in [3.8, 4) is 11.1 Å². The third-order valence-corrected chi connectivity index (χ3v) is 7.61. The van der Waals surface area contributed by atoms with Gasteiger partial charge >= 0.3 is 5.92 Å². The molecule has 3 aromatic rings. The van der Waals surface area contributed by atoms with E-state index < -0.39 is 102 Å². The standard InChI is InChI=1S/C30H23F9N6O2/c31-15-5-13(6-16(32)9-15)7-21(24-18(10-17(40)11-42-24)14-1-2-20(33)19(8-14)28(41)47)43-22(46)12-45-26-23(25(44-45)27(34)35)29(36,37)3-4-30(26,38)39/h1-2,5-6,8-11,21,25,27H,3-4,7,12,40H2,(H2-,41,43,46,47)/p+1/t21-,25?/m0/s1. The Bertz CT molecular complexity index is 1810. The summed E-state index contributed by atoms with van der Waals surface area (Å²) in [5.74, 6) is -13.3. The van der Waals surface area contributed by atoms with E-state index in [0.717, 1.165) is 30.5 Å². The van der Waals surface area contributed by atoms with Crippen molar-refractivity contribution in [3.63, 3.8) is 0 Å². The smallest absolute Gasteiger partial charge is 0.332 e. The van der Waals surface area contributed by atoms with E-state index in [4.69, 9.17) is 11.5 Å². The summed E-state index contributed by atoms with van der Waals surface area (Å²) in [5.41, 5.74) is 7.66. The molecule has 5 N–H and O–H groups in total. The Hall–Kier alpha value is -4.96. The maximum atomic E-state index is 14.9. The second-order valence-electron chi connectivity index (χ2n) is 11.0. The van der Waals surface area contributed by atoms with Crippen molar-refractivity contribution in [3.05, 3.63) is 94.2 Å². The van der Waals surface area contributed by atoms with E-state index >= 15 is 0 Å². The van der Waals surface area contributed by atoms with Crippen LogP contribution < -0.4 is 16.8 Å². The molecule has 47 heavy (non-hydrogen) atoms. The van der Waals surface area contributed by atoms with Crippen molar-refractivity contribution in [2.75, 3.05) is 12.3 Å². The third-order valence-electron chi connectivity index (χ3n) is 7.61. The highest BCUT2D eigenvalue weighted by atomic mass is 19.3. The number of pyridine rings is 1. The number of aromatic nitrogens is 1. The quantitative estimate of drug-likeness (QED) is 0.200. The molecule has 0 saturated carbocycles. The normalized spacial score (nSPS) is 18.9. The second-order valence-corrected chi connectivity index (χ2v) is 11.0. The number of halogens is 9. The fourth-order valence-corrected chi connectivity index (χ4v) is 5.62. The zero-order valence-electron chi connectivity index (χ0n) is 23.9. The molecule has 0 radical (unpaired) electrons. The molecule has 2 aromatic carbocycles. The Balaban J connectivity index is 1.56. The summed E-state index contributed by atoms with van der Waals surface area (Å²) in [6.07, 6.45) is -5.68. The molecular weight excluding hydrogens is 647 g/mol. The van der Waals surface area contributed by atoms with E-state index in [1.807, 2.05) is 0 Å². The van der Waals surface area contributed by atoms with Crippen molar-refractivity contribution in [2.24, 2.45) is 10.8 Å². The minimum atomic E-state index is -4.04. The Morgan fingerprint density at radius 1 is 0.979 bits per heavy atom. The monoisotopic (exact) mass is 671 g/mol. The van der Waals surface area contributed by atoms with Crippen LogP contribution in [0.25, 0.3) is 11.1 Å². The molecule has 1 aliphatic heterocycles. The number of carbonyl (C=O) groups is 2. The fraction of sp³-hybridized carbons (Fsp3) is 0.300. The molecule has 1 aliphatic carbocycles. The van der Waals surface area contributed by atoms with E-state index in [2.05, 4.69) is 15.4 Å². The predicted molar refractivity (Wildman–Crippen MR) is 147 cm³/mol. The fourth-order valence-electron chi connectivity index (χ4n) is 5.62. The van der Waals surface area contributed by atoms with Crippen molar-refractivity contribution in [1.29, 1.82) is 0 Å². The molecular formula is C30H24F9N6O2+. The van der Waals surface area contributed by atoms with Crippen molar-refractivity contribution < 1.29 is 53.8 Å². The summed E-state index contributed by atoms with van der Waals surface area (Å²) >= 11 is 0. The van der Waals surface area contributed by atoms with Gasteiger partial charge in [-0.15, -0.1) is 0 Å². The van der Waals surface area contributed by atoms with Crippen molar-refractivity contribution in [2.45, 2.75) is 49.6 Å². The summed E-state index contributed by atoms with van der Waals surface area (Å²) in [6.45, 7) is -1.23. The number of anilines is 1. The van der Waals surface area contributed by atoms with Gasteiger partial charge in [-0.05, 0) is 53.0 Å². The first-order chi connectivity index (χ1) is 22.0. The molecule has 8 nitrogen and oxygen atoms in total. The number of amides is 2. The number of rotatable bonds is 9. The maximum absolute atomic E-state index is 14.9. The van der Waals surface area contributed by atoms with Gasteiger partial charge in [0.15, 0.2) is 0 Å². The number of hydrogen-bond donors (Lipinski definition) is 3. The topological polar surface area (TPSA) is 126 Å².